The van der Waals surface area contributed by atoms with Crippen LogP contribution < -0.4 is 0 Å². The molecule has 0 radical (unpaired) electrons. The maximum absolute atomic E-state index is 12.7. The number of hydrogen-bond donors (Lipinski definition) is 0. The van der Waals surface area contributed by atoms with Crippen molar-refractivity contribution in [2.45, 2.75) is 71.4 Å². The molecule has 0 aliphatic carbocycles. The van der Waals surface area contributed by atoms with Crippen LogP contribution in [0.5, 0.6) is 0 Å². The largest absolute Gasteiger partial charge is 0.461 e. The highest BCUT2D eigenvalue weighted by Gasteiger charge is 2.53. The molecule has 0 spiro atoms. The van der Waals surface area contributed by atoms with Gasteiger partial charge >= 0.3 is 17.9 Å². The van der Waals surface area contributed by atoms with Gasteiger partial charge in [-0.3, -0.25) is 4.79 Å². The van der Waals surface area contributed by atoms with E-state index in [2.05, 4.69) is 0 Å². The first-order chi connectivity index (χ1) is 14.5. The van der Waals surface area contributed by atoms with Crippen molar-refractivity contribution in [2.75, 3.05) is 13.7 Å². The summed E-state index contributed by atoms with van der Waals surface area (Å²) in [6, 6.07) is 0. The van der Waals surface area contributed by atoms with Gasteiger partial charge in [0.25, 0.3) is 0 Å². The zero-order valence-corrected chi connectivity index (χ0v) is 18.9. The number of methoxy groups -OCH3 is 1. The Hall–Kier alpha value is -2.45. The van der Waals surface area contributed by atoms with Crippen LogP contribution in [-0.4, -0.2) is 49.1 Å². The lowest BCUT2D eigenvalue weighted by atomic mass is 9.85. The number of allylic oxidation sites excluding steroid dienone is 1. The van der Waals surface area contributed by atoms with Crippen molar-refractivity contribution < 1.29 is 38.1 Å². The highest BCUT2D eigenvalue weighted by atomic mass is 16.7. The van der Waals surface area contributed by atoms with Crippen molar-refractivity contribution >= 4 is 17.9 Å². The fraction of sp³-hybridized carbons (Fsp3) is 0.609. The minimum atomic E-state index is -0.856. The first kappa shape index (κ1) is 23.2. The molecule has 3 rings (SSSR count). The van der Waals surface area contributed by atoms with E-state index in [1.165, 1.54) is 6.92 Å². The third kappa shape index (κ3) is 4.45. The Bertz CT molecular complexity index is 882. The number of esters is 3. The molecule has 1 saturated heterocycles. The van der Waals surface area contributed by atoms with Crippen molar-refractivity contribution in [1.29, 1.82) is 0 Å². The molecule has 1 fully saturated rings. The summed E-state index contributed by atoms with van der Waals surface area (Å²) in [4.78, 5) is 36.7. The molecule has 0 amide bonds. The number of hydrogen-bond acceptors (Lipinski definition) is 8. The molecule has 0 aromatic rings. The predicted molar refractivity (Wildman–Crippen MR) is 109 cm³/mol. The van der Waals surface area contributed by atoms with E-state index in [0.717, 1.165) is 0 Å². The highest BCUT2D eigenvalue weighted by Crippen LogP contribution is 2.49. The van der Waals surface area contributed by atoms with Gasteiger partial charge in [-0.25, -0.2) is 9.59 Å². The van der Waals surface area contributed by atoms with Gasteiger partial charge in [0, 0.05) is 37.5 Å². The van der Waals surface area contributed by atoms with Gasteiger partial charge in [0.2, 0.25) is 0 Å². The van der Waals surface area contributed by atoms with Crippen LogP contribution in [0.25, 0.3) is 0 Å². The first-order valence-corrected chi connectivity index (χ1v) is 10.4. The second kappa shape index (κ2) is 8.59. The highest BCUT2D eigenvalue weighted by molar-refractivity contribution is 5.96. The molecule has 0 unspecified atom stereocenters. The van der Waals surface area contributed by atoms with Crippen LogP contribution in [0.15, 0.2) is 34.6 Å². The van der Waals surface area contributed by atoms with E-state index in [1.54, 1.807) is 33.1 Å². The zero-order chi connectivity index (χ0) is 23.0. The van der Waals surface area contributed by atoms with Crippen LogP contribution in [0.1, 0.15) is 53.9 Å². The maximum Gasteiger partial charge on any atom is 0.343 e. The van der Waals surface area contributed by atoms with Crippen LogP contribution >= 0.6 is 0 Å². The summed E-state index contributed by atoms with van der Waals surface area (Å²) in [5.74, 6) is -2.41. The molecule has 3 aliphatic heterocycles. The van der Waals surface area contributed by atoms with Gasteiger partial charge in [0.1, 0.15) is 18.5 Å². The summed E-state index contributed by atoms with van der Waals surface area (Å²) in [6.45, 7) is 8.27. The van der Waals surface area contributed by atoms with E-state index in [-0.39, 0.29) is 23.9 Å². The number of carbonyl (C=O) groups is 3. The number of fused-ring (bicyclic) bond motifs is 3. The Morgan fingerprint density at radius 2 is 2.00 bits per heavy atom. The predicted octanol–water partition coefficient (Wildman–Crippen LogP) is 3.12. The molecule has 0 aromatic heterocycles. The maximum atomic E-state index is 12.7. The molecule has 0 saturated carbocycles. The number of carbonyl (C=O) groups excluding carboxylic acids is 3. The van der Waals surface area contributed by atoms with Crippen LogP contribution in [0.4, 0.5) is 0 Å². The van der Waals surface area contributed by atoms with E-state index in [0.29, 0.717) is 30.4 Å². The average Bonchev–Trinajstić information content (AvgIpc) is 3.22. The Morgan fingerprint density at radius 3 is 2.61 bits per heavy atom. The van der Waals surface area contributed by atoms with Crippen LogP contribution in [-0.2, 0) is 38.1 Å². The van der Waals surface area contributed by atoms with E-state index in [4.69, 9.17) is 23.7 Å². The van der Waals surface area contributed by atoms with Crippen molar-refractivity contribution in [3.63, 3.8) is 0 Å². The molecule has 31 heavy (non-hydrogen) atoms. The lowest BCUT2D eigenvalue weighted by molar-refractivity contribution is -0.255. The van der Waals surface area contributed by atoms with Crippen LogP contribution in [0.2, 0.25) is 0 Å². The smallest absolute Gasteiger partial charge is 0.343 e. The first-order valence-electron chi connectivity index (χ1n) is 10.4. The van der Waals surface area contributed by atoms with Crippen molar-refractivity contribution in [1.82, 2.24) is 0 Å². The molecule has 8 heteroatoms. The molecule has 170 valence electrons. The fourth-order valence-electron chi connectivity index (χ4n) is 4.30. The molecule has 2 bridgehead atoms. The average molecular weight is 434 g/mol. The summed E-state index contributed by atoms with van der Waals surface area (Å²) >= 11 is 0. The summed E-state index contributed by atoms with van der Waals surface area (Å²) < 4.78 is 28.7. The summed E-state index contributed by atoms with van der Waals surface area (Å²) in [5.41, 5.74) is 0.285. The fourth-order valence-corrected chi connectivity index (χ4v) is 4.30. The zero-order valence-electron chi connectivity index (χ0n) is 18.9. The Balaban J connectivity index is 2.13. The lowest BCUT2D eigenvalue weighted by Crippen LogP contribution is -2.42. The molecule has 3 heterocycles. The standard InChI is InChI=1S/C23H30O8/c1-7-13(2)20(25)29-17-10-14(3)23(27-6)9-8-22(5,31-23)11-18-19(17)16(21(26)30-18)12-28-15(4)24/h7,11,14,17H,8-10,12H2,1-6H3/b13-7+,18-11+/t14-,17+,22-,23+/m1/s1. The minimum Gasteiger partial charge on any atom is -0.461 e. The topological polar surface area (TPSA) is 97.4 Å². The minimum absolute atomic E-state index is 0.164. The van der Waals surface area contributed by atoms with Gasteiger partial charge in [-0.15, -0.1) is 0 Å². The van der Waals surface area contributed by atoms with E-state index < -0.39 is 35.4 Å². The molecule has 0 aromatic carbocycles. The van der Waals surface area contributed by atoms with Crippen molar-refractivity contribution in [3.05, 3.63) is 34.6 Å². The summed E-state index contributed by atoms with van der Waals surface area (Å²) in [6.07, 6.45) is 4.24. The number of rotatable bonds is 5. The van der Waals surface area contributed by atoms with Crippen molar-refractivity contribution in [2.24, 2.45) is 5.92 Å². The molecule has 8 nitrogen and oxygen atoms in total. The molecular formula is C23H30O8. The SMILES string of the molecule is C/C=C(\C)C(=O)O[C@H]1C[C@@H](C)[C@]2(OC)CC[C@](C)(/C=C3/OC(=O)C(COC(C)=O)=C31)O2. The Labute approximate surface area is 182 Å². The van der Waals surface area contributed by atoms with Gasteiger partial charge in [-0.05, 0) is 39.7 Å². The van der Waals surface area contributed by atoms with E-state index in [9.17, 15) is 14.4 Å². The Kier molecular flexibility index (Phi) is 6.43. The van der Waals surface area contributed by atoms with Crippen LogP contribution in [0.3, 0.4) is 0 Å². The molecule has 3 aliphatic rings. The normalized spacial score (nSPS) is 34.7. The number of ether oxygens (including phenoxy) is 5. The van der Waals surface area contributed by atoms with Gasteiger partial charge in [-0.2, -0.15) is 0 Å². The lowest BCUT2D eigenvalue weighted by Gasteiger charge is -2.36. The van der Waals surface area contributed by atoms with E-state index in [1.807, 2.05) is 13.8 Å². The molecular weight excluding hydrogens is 404 g/mol. The molecule has 4 atom stereocenters. The Morgan fingerprint density at radius 1 is 1.29 bits per heavy atom. The second-order valence-corrected chi connectivity index (χ2v) is 8.50. The monoisotopic (exact) mass is 434 g/mol. The second-order valence-electron chi connectivity index (χ2n) is 8.50. The third-order valence-corrected chi connectivity index (χ3v) is 6.26. The summed E-state index contributed by atoms with van der Waals surface area (Å²) in [7, 11) is 1.60. The van der Waals surface area contributed by atoms with Crippen molar-refractivity contribution in [3.8, 4) is 0 Å². The van der Waals surface area contributed by atoms with Gasteiger partial charge in [0.05, 0.1) is 11.2 Å². The summed E-state index contributed by atoms with van der Waals surface area (Å²) in [5, 5.41) is 0. The van der Waals surface area contributed by atoms with Gasteiger partial charge < -0.3 is 23.7 Å². The quantitative estimate of drug-likeness (QED) is 0.370. The molecule has 0 N–H and O–H groups in total. The van der Waals surface area contributed by atoms with Gasteiger partial charge in [-0.1, -0.05) is 13.0 Å². The van der Waals surface area contributed by atoms with Gasteiger partial charge in [0.15, 0.2) is 5.79 Å². The van der Waals surface area contributed by atoms with Crippen LogP contribution in [0, 0.1) is 5.92 Å². The van der Waals surface area contributed by atoms with E-state index >= 15 is 0 Å². The third-order valence-electron chi connectivity index (χ3n) is 6.26.